The smallest absolute Gasteiger partial charge is 0.316 e. The van der Waals surface area contributed by atoms with E-state index in [2.05, 4.69) is 0 Å². The highest BCUT2D eigenvalue weighted by atomic mass is 19.1. The Hall–Kier alpha value is -1.38. The molecule has 1 fully saturated rings. The number of hydrogen-bond donors (Lipinski definition) is 0. The Morgan fingerprint density at radius 1 is 1.38 bits per heavy atom. The lowest BCUT2D eigenvalue weighted by Crippen LogP contribution is -2.28. The zero-order valence-electron chi connectivity index (χ0n) is 9.71. The summed E-state index contributed by atoms with van der Waals surface area (Å²) in [5.74, 6) is -0.680. The second-order valence-corrected chi connectivity index (χ2v) is 4.94. The van der Waals surface area contributed by atoms with Crippen LogP contribution in [0, 0.1) is 11.2 Å². The zero-order chi connectivity index (χ0) is 12.0. The highest BCUT2D eigenvalue weighted by Crippen LogP contribution is 2.65. The average Bonchev–Trinajstić information content (AvgIpc) is 2.82. The van der Waals surface area contributed by atoms with Crippen molar-refractivity contribution in [2.75, 3.05) is 7.11 Å². The summed E-state index contributed by atoms with van der Waals surface area (Å²) in [4.78, 5) is 11.9. The maximum absolute atomic E-state index is 13.8. The molecule has 0 saturated heterocycles. The number of hydrogen-bond acceptors (Lipinski definition) is 2. The molecule has 0 bridgehead atoms. The number of benzene rings is 1. The van der Waals surface area contributed by atoms with Crippen LogP contribution in [0.2, 0.25) is 0 Å². The molecule has 86 valence electrons. The van der Waals surface area contributed by atoms with Crippen LogP contribution in [0.1, 0.15) is 25.8 Å². The van der Waals surface area contributed by atoms with E-state index in [1.54, 1.807) is 18.2 Å². The van der Waals surface area contributed by atoms with Crippen molar-refractivity contribution in [3.05, 3.63) is 35.6 Å². The van der Waals surface area contributed by atoms with Gasteiger partial charge in [-0.25, -0.2) is 4.39 Å². The van der Waals surface area contributed by atoms with Crippen LogP contribution >= 0.6 is 0 Å². The Morgan fingerprint density at radius 3 is 2.38 bits per heavy atom. The topological polar surface area (TPSA) is 26.3 Å². The molecule has 2 nitrogen and oxygen atoms in total. The molecule has 0 spiro atoms. The van der Waals surface area contributed by atoms with Gasteiger partial charge in [-0.3, -0.25) is 4.79 Å². The first-order valence-corrected chi connectivity index (χ1v) is 5.29. The molecule has 1 atom stereocenters. The highest BCUT2D eigenvalue weighted by molar-refractivity contribution is 5.88. The molecule has 1 aromatic carbocycles. The van der Waals surface area contributed by atoms with E-state index in [4.69, 9.17) is 4.74 Å². The van der Waals surface area contributed by atoms with Gasteiger partial charge in [0.1, 0.15) is 11.2 Å². The molecule has 0 aromatic heterocycles. The van der Waals surface area contributed by atoms with Crippen LogP contribution < -0.4 is 0 Å². The molecule has 1 aliphatic carbocycles. The Morgan fingerprint density at radius 2 is 1.94 bits per heavy atom. The zero-order valence-corrected chi connectivity index (χ0v) is 9.71. The minimum absolute atomic E-state index is 0.234. The lowest BCUT2D eigenvalue weighted by atomic mass is 9.87. The van der Waals surface area contributed by atoms with Crippen molar-refractivity contribution in [1.29, 1.82) is 0 Å². The van der Waals surface area contributed by atoms with Crippen molar-refractivity contribution < 1.29 is 13.9 Å². The standard InChI is InChI=1S/C13H15FO2/c1-12(2)8-13(12,11(15)16-3)9-6-4-5-7-10(9)14/h4-7H,8H2,1-3H3. The van der Waals surface area contributed by atoms with Crippen LogP contribution in [0.4, 0.5) is 4.39 Å². The number of esters is 1. The van der Waals surface area contributed by atoms with E-state index in [9.17, 15) is 9.18 Å². The fraction of sp³-hybridized carbons (Fsp3) is 0.462. The quantitative estimate of drug-likeness (QED) is 0.719. The number of halogens is 1. The lowest BCUT2D eigenvalue weighted by molar-refractivity contribution is -0.144. The van der Waals surface area contributed by atoms with Gasteiger partial charge in [0.05, 0.1) is 7.11 Å². The fourth-order valence-electron chi connectivity index (χ4n) is 2.52. The van der Waals surface area contributed by atoms with Gasteiger partial charge in [-0.1, -0.05) is 32.0 Å². The summed E-state index contributed by atoms with van der Waals surface area (Å²) in [6.07, 6.45) is 0.633. The van der Waals surface area contributed by atoms with Crippen molar-refractivity contribution in [2.24, 2.45) is 5.41 Å². The summed E-state index contributed by atoms with van der Waals surface area (Å²) in [5, 5.41) is 0. The first-order chi connectivity index (χ1) is 7.45. The number of rotatable bonds is 2. The second-order valence-electron chi connectivity index (χ2n) is 4.94. The van der Waals surface area contributed by atoms with Crippen molar-refractivity contribution >= 4 is 5.97 Å². The van der Waals surface area contributed by atoms with E-state index in [-0.39, 0.29) is 17.2 Å². The van der Waals surface area contributed by atoms with E-state index in [0.717, 1.165) is 0 Å². The normalized spacial score (nSPS) is 26.2. The summed E-state index contributed by atoms with van der Waals surface area (Å²) in [5.41, 5.74) is -0.582. The molecule has 2 rings (SSSR count). The molecular formula is C13H15FO2. The molecule has 1 aromatic rings. The summed E-state index contributed by atoms with van der Waals surface area (Å²) in [6, 6.07) is 6.42. The monoisotopic (exact) mass is 222 g/mol. The number of carbonyl (C=O) groups excluding carboxylic acids is 1. The predicted octanol–water partition coefficient (Wildman–Crippen LogP) is 2.67. The molecule has 1 aliphatic rings. The van der Waals surface area contributed by atoms with Crippen molar-refractivity contribution in [2.45, 2.75) is 25.7 Å². The van der Waals surface area contributed by atoms with Gasteiger partial charge < -0.3 is 4.74 Å². The number of ether oxygens (including phenoxy) is 1. The summed E-state index contributed by atoms with van der Waals surface area (Å²) >= 11 is 0. The fourth-order valence-corrected chi connectivity index (χ4v) is 2.52. The predicted molar refractivity (Wildman–Crippen MR) is 58.5 cm³/mol. The molecule has 3 heteroatoms. The largest absolute Gasteiger partial charge is 0.468 e. The molecule has 0 radical (unpaired) electrons. The third-order valence-electron chi connectivity index (χ3n) is 3.60. The molecule has 1 saturated carbocycles. The molecular weight excluding hydrogens is 207 g/mol. The first-order valence-electron chi connectivity index (χ1n) is 5.29. The Labute approximate surface area is 94.4 Å². The SMILES string of the molecule is COC(=O)C1(c2ccccc2F)CC1(C)C. The van der Waals surface area contributed by atoms with Gasteiger partial charge in [0.25, 0.3) is 0 Å². The van der Waals surface area contributed by atoms with Crippen LogP contribution in [0.25, 0.3) is 0 Å². The molecule has 0 heterocycles. The minimum Gasteiger partial charge on any atom is -0.468 e. The third-order valence-corrected chi connectivity index (χ3v) is 3.60. The third kappa shape index (κ3) is 1.27. The molecule has 16 heavy (non-hydrogen) atoms. The van der Waals surface area contributed by atoms with Crippen molar-refractivity contribution in [3.63, 3.8) is 0 Å². The van der Waals surface area contributed by atoms with Crippen LogP contribution in [0.15, 0.2) is 24.3 Å². The summed E-state index contributed by atoms with van der Waals surface area (Å²) in [7, 11) is 1.35. The van der Waals surface area contributed by atoms with E-state index >= 15 is 0 Å². The van der Waals surface area contributed by atoms with Gasteiger partial charge >= 0.3 is 5.97 Å². The van der Waals surface area contributed by atoms with Crippen LogP contribution in [-0.2, 0) is 14.9 Å². The van der Waals surface area contributed by atoms with Gasteiger partial charge in [-0.15, -0.1) is 0 Å². The molecule has 0 N–H and O–H groups in total. The maximum atomic E-state index is 13.8. The van der Waals surface area contributed by atoms with Gasteiger partial charge in [0.2, 0.25) is 0 Å². The first kappa shape index (κ1) is 11.1. The average molecular weight is 222 g/mol. The summed E-state index contributed by atoms with van der Waals surface area (Å²) in [6.45, 7) is 3.91. The van der Waals surface area contributed by atoms with E-state index in [1.807, 2.05) is 13.8 Å². The molecule has 0 amide bonds. The Bertz CT molecular complexity index is 439. The molecule has 0 aliphatic heterocycles. The Kier molecular flexibility index (Phi) is 2.30. The van der Waals surface area contributed by atoms with Crippen molar-refractivity contribution in [3.8, 4) is 0 Å². The van der Waals surface area contributed by atoms with Crippen molar-refractivity contribution in [1.82, 2.24) is 0 Å². The highest BCUT2D eigenvalue weighted by Gasteiger charge is 2.69. The van der Waals surface area contributed by atoms with E-state index < -0.39 is 5.41 Å². The number of carbonyl (C=O) groups is 1. The maximum Gasteiger partial charge on any atom is 0.316 e. The minimum atomic E-state index is -0.799. The second kappa shape index (κ2) is 3.30. The number of methoxy groups -OCH3 is 1. The van der Waals surface area contributed by atoms with Crippen LogP contribution in [-0.4, -0.2) is 13.1 Å². The van der Waals surface area contributed by atoms with Gasteiger partial charge in [-0.05, 0) is 17.9 Å². The van der Waals surface area contributed by atoms with Gasteiger partial charge in [-0.2, -0.15) is 0 Å². The van der Waals surface area contributed by atoms with E-state index in [0.29, 0.717) is 12.0 Å². The Balaban J connectivity index is 2.52. The van der Waals surface area contributed by atoms with Crippen LogP contribution in [0.5, 0.6) is 0 Å². The van der Waals surface area contributed by atoms with Gasteiger partial charge in [0, 0.05) is 5.56 Å². The van der Waals surface area contributed by atoms with Crippen LogP contribution in [0.3, 0.4) is 0 Å². The van der Waals surface area contributed by atoms with E-state index in [1.165, 1.54) is 13.2 Å². The summed E-state index contributed by atoms with van der Waals surface area (Å²) < 4.78 is 18.6. The molecule has 1 unspecified atom stereocenters. The lowest BCUT2D eigenvalue weighted by Gasteiger charge is -2.18. The van der Waals surface area contributed by atoms with Gasteiger partial charge in [0.15, 0.2) is 0 Å².